The number of nitrogens with one attached hydrogen (secondary N) is 1. The molecule has 0 bridgehead atoms. The number of ether oxygens (including phenoxy) is 1. The van der Waals surface area contributed by atoms with Crippen LogP contribution in [0.5, 0.6) is 0 Å². The summed E-state index contributed by atoms with van der Waals surface area (Å²) in [4.78, 5) is 24.6. The first-order valence-corrected chi connectivity index (χ1v) is 34.8. The standard InChI is InChI=1S/C71H135NO5/c1-3-5-7-9-11-13-15-17-19-20-21-27-30-33-36-39-43-47-51-55-59-63-69(74)68(67-73)72-70(75)64-60-56-52-48-44-40-37-34-31-28-25-23-22-24-26-29-32-35-38-42-46-50-54-58-62-66-77-71(76)65-61-57-53-49-45-41-18-16-14-12-10-8-6-4-2/h10,12,16,18,59,63,68-69,73-74H,3-9,11,13-15,17,19-58,60-62,64-67H2,1-2H3,(H,72,75)/b12-10-,18-16-,63-59+. The molecule has 0 saturated carbocycles. The molecule has 0 rings (SSSR count). The number of allylic oxidation sites excluding steroid dienone is 5. The Labute approximate surface area is 481 Å². The van der Waals surface area contributed by atoms with E-state index in [9.17, 15) is 19.8 Å². The fourth-order valence-corrected chi connectivity index (χ4v) is 10.8. The van der Waals surface area contributed by atoms with E-state index < -0.39 is 12.1 Å². The molecular formula is C71H135NO5. The summed E-state index contributed by atoms with van der Waals surface area (Å²) in [7, 11) is 0. The molecule has 0 aliphatic rings. The number of hydrogen-bond acceptors (Lipinski definition) is 5. The minimum atomic E-state index is -0.845. The SMILES string of the molecule is CCCC/C=C\C/C=C\CCCCCCCC(=O)OCCCCCCCCCCCCCCCCCCCCCCCCCCCC(=O)NC(CO)C(O)/C=C/CCCCCCCCCCCCCCCCCCCCC. The number of esters is 1. The number of aliphatic hydroxyl groups is 2. The molecule has 77 heavy (non-hydrogen) atoms. The molecule has 0 saturated heterocycles. The highest BCUT2D eigenvalue weighted by atomic mass is 16.5. The third-order valence-electron chi connectivity index (χ3n) is 16.2. The van der Waals surface area contributed by atoms with E-state index in [1.165, 1.54) is 302 Å². The van der Waals surface area contributed by atoms with Gasteiger partial charge in [0.2, 0.25) is 5.91 Å². The van der Waals surface area contributed by atoms with Crippen LogP contribution >= 0.6 is 0 Å². The highest BCUT2D eigenvalue weighted by Gasteiger charge is 2.18. The molecule has 0 aliphatic carbocycles. The topological polar surface area (TPSA) is 95.9 Å². The van der Waals surface area contributed by atoms with Gasteiger partial charge < -0.3 is 20.3 Å². The summed E-state index contributed by atoms with van der Waals surface area (Å²) in [6, 6.07) is -0.628. The maximum absolute atomic E-state index is 12.5. The van der Waals surface area contributed by atoms with Crippen molar-refractivity contribution in [3.63, 3.8) is 0 Å². The molecule has 2 unspecified atom stereocenters. The van der Waals surface area contributed by atoms with Gasteiger partial charge in [0.15, 0.2) is 0 Å². The van der Waals surface area contributed by atoms with E-state index in [-0.39, 0.29) is 18.5 Å². The average Bonchev–Trinajstić information content (AvgIpc) is 3.43. The minimum absolute atomic E-state index is 0.00170. The van der Waals surface area contributed by atoms with Gasteiger partial charge in [-0.2, -0.15) is 0 Å². The van der Waals surface area contributed by atoms with Gasteiger partial charge in [-0.1, -0.05) is 346 Å². The van der Waals surface area contributed by atoms with Crippen molar-refractivity contribution in [1.29, 1.82) is 0 Å². The summed E-state index contributed by atoms with van der Waals surface area (Å²) in [5.41, 5.74) is 0. The highest BCUT2D eigenvalue weighted by Crippen LogP contribution is 2.19. The lowest BCUT2D eigenvalue weighted by Gasteiger charge is -2.20. The number of hydrogen-bond donors (Lipinski definition) is 3. The van der Waals surface area contributed by atoms with Gasteiger partial charge in [-0.25, -0.2) is 0 Å². The molecule has 0 aliphatic heterocycles. The van der Waals surface area contributed by atoms with Crippen LogP contribution < -0.4 is 5.32 Å². The van der Waals surface area contributed by atoms with E-state index in [1.807, 2.05) is 6.08 Å². The summed E-state index contributed by atoms with van der Waals surface area (Å²) in [5, 5.41) is 23.2. The third kappa shape index (κ3) is 63.1. The molecular weight excluding hydrogens is 947 g/mol. The molecule has 0 aromatic rings. The van der Waals surface area contributed by atoms with Crippen molar-refractivity contribution in [1.82, 2.24) is 5.32 Å². The largest absolute Gasteiger partial charge is 0.466 e. The normalized spacial score (nSPS) is 12.7. The second-order valence-electron chi connectivity index (χ2n) is 23.9. The molecule has 0 fully saturated rings. The number of unbranched alkanes of at least 4 members (excludes halogenated alkanes) is 50. The van der Waals surface area contributed by atoms with Crippen LogP contribution in [0.15, 0.2) is 36.5 Å². The molecule has 6 nitrogen and oxygen atoms in total. The Hall–Kier alpha value is -1.92. The zero-order chi connectivity index (χ0) is 55.7. The van der Waals surface area contributed by atoms with Crippen LogP contribution in [0.1, 0.15) is 380 Å². The van der Waals surface area contributed by atoms with Crippen molar-refractivity contribution < 1.29 is 24.5 Å². The Balaban J connectivity index is 3.40. The summed E-state index contributed by atoms with van der Waals surface area (Å²) in [5.74, 6) is -0.0611. The van der Waals surface area contributed by atoms with Crippen LogP contribution in [-0.4, -0.2) is 47.4 Å². The first-order valence-electron chi connectivity index (χ1n) is 34.8. The summed E-state index contributed by atoms with van der Waals surface area (Å²) in [6.45, 7) is 4.89. The number of carbonyl (C=O) groups is 2. The molecule has 0 radical (unpaired) electrons. The molecule has 0 heterocycles. The molecule has 1 amide bonds. The predicted molar refractivity (Wildman–Crippen MR) is 338 cm³/mol. The molecule has 0 aromatic heterocycles. The van der Waals surface area contributed by atoms with Gasteiger partial charge in [0.25, 0.3) is 0 Å². The zero-order valence-corrected chi connectivity index (χ0v) is 52.0. The van der Waals surface area contributed by atoms with E-state index >= 15 is 0 Å². The number of amides is 1. The molecule has 454 valence electrons. The Bertz CT molecular complexity index is 1250. The lowest BCUT2D eigenvalue weighted by Crippen LogP contribution is -2.45. The van der Waals surface area contributed by atoms with Crippen molar-refractivity contribution in [2.75, 3.05) is 13.2 Å². The molecule has 3 N–H and O–H groups in total. The van der Waals surface area contributed by atoms with E-state index in [0.717, 1.165) is 51.4 Å². The Morgan fingerprint density at radius 1 is 0.364 bits per heavy atom. The van der Waals surface area contributed by atoms with Crippen LogP contribution in [0.25, 0.3) is 0 Å². The fourth-order valence-electron chi connectivity index (χ4n) is 10.8. The number of rotatable bonds is 65. The van der Waals surface area contributed by atoms with Gasteiger partial charge in [0.1, 0.15) is 0 Å². The first-order chi connectivity index (χ1) is 38.0. The Morgan fingerprint density at radius 3 is 1.03 bits per heavy atom. The van der Waals surface area contributed by atoms with Gasteiger partial charge in [-0.05, 0) is 57.8 Å². The summed E-state index contributed by atoms with van der Waals surface area (Å²) >= 11 is 0. The van der Waals surface area contributed by atoms with Crippen molar-refractivity contribution in [2.24, 2.45) is 0 Å². The van der Waals surface area contributed by atoms with Crippen LogP contribution in [0, 0.1) is 0 Å². The van der Waals surface area contributed by atoms with Crippen LogP contribution in [0.3, 0.4) is 0 Å². The molecule has 6 heteroatoms. The maximum atomic E-state index is 12.5. The maximum Gasteiger partial charge on any atom is 0.305 e. The fraction of sp³-hybridized carbons (Fsp3) is 0.887. The summed E-state index contributed by atoms with van der Waals surface area (Å²) < 4.78 is 5.48. The van der Waals surface area contributed by atoms with Crippen molar-refractivity contribution in [3.05, 3.63) is 36.5 Å². The molecule has 0 aromatic carbocycles. The lowest BCUT2D eigenvalue weighted by molar-refractivity contribution is -0.143. The quantitative estimate of drug-likeness (QED) is 0.0320. The lowest BCUT2D eigenvalue weighted by atomic mass is 10.0. The first kappa shape index (κ1) is 75.1. The van der Waals surface area contributed by atoms with E-state index in [1.54, 1.807) is 6.08 Å². The van der Waals surface area contributed by atoms with Crippen molar-refractivity contribution in [3.8, 4) is 0 Å². The van der Waals surface area contributed by atoms with E-state index in [4.69, 9.17) is 4.74 Å². The van der Waals surface area contributed by atoms with Gasteiger partial charge in [0.05, 0.1) is 25.4 Å². The van der Waals surface area contributed by atoms with E-state index in [0.29, 0.717) is 19.4 Å². The highest BCUT2D eigenvalue weighted by molar-refractivity contribution is 5.76. The van der Waals surface area contributed by atoms with Crippen LogP contribution in [0.2, 0.25) is 0 Å². The summed E-state index contributed by atoms with van der Waals surface area (Å²) in [6.07, 6.45) is 85.0. The Morgan fingerprint density at radius 2 is 0.662 bits per heavy atom. The monoisotopic (exact) mass is 1080 g/mol. The smallest absolute Gasteiger partial charge is 0.305 e. The van der Waals surface area contributed by atoms with Crippen molar-refractivity contribution >= 4 is 11.9 Å². The third-order valence-corrected chi connectivity index (χ3v) is 16.2. The van der Waals surface area contributed by atoms with Crippen LogP contribution in [0.4, 0.5) is 0 Å². The van der Waals surface area contributed by atoms with E-state index in [2.05, 4.69) is 43.5 Å². The van der Waals surface area contributed by atoms with Crippen LogP contribution in [-0.2, 0) is 14.3 Å². The Kier molecular flexibility index (Phi) is 64.9. The molecule has 0 spiro atoms. The van der Waals surface area contributed by atoms with Gasteiger partial charge >= 0.3 is 5.97 Å². The number of carbonyl (C=O) groups excluding carboxylic acids is 2. The molecule has 2 atom stereocenters. The second kappa shape index (κ2) is 66.6. The second-order valence-corrected chi connectivity index (χ2v) is 23.9. The van der Waals surface area contributed by atoms with Gasteiger partial charge in [-0.15, -0.1) is 0 Å². The number of aliphatic hydroxyl groups excluding tert-OH is 2. The predicted octanol–water partition coefficient (Wildman–Crippen LogP) is 22.3. The van der Waals surface area contributed by atoms with Crippen molar-refractivity contribution in [2.45, 2.75) is 392 Å². The zero-order valence-electron chi connectivity index (χ0n) is 52.0. The van der Waals surface area contributed by atoms with Gasteiger partial charge in [-0.3, -0.25) is 9.59 Å². The average molecular weight is 1080 g/mol. The van der Waals surface area contributed by atoms with Gasteiger partial charge in [0, 0.05) is 12.8 Å². The minimum Gasteiger partial charge on any atom is -0.466 e.